The van der Waals surface area contributed by atoms with E-state index < -0.39 is 0 Å². The number of aromatic nitrogens is 4. The van der Waals surface area contributed by atoms with Crippen LogP contribution in [0.3, 0.4) is 0 Å². The minimum Gasteiger partial charge on any atom is -0.364 e. The number of fused-ring (bicyclic) bond motifs is 1. The Hall–Kier alpha value is -2.94. The van der Waals surface area contributed by atoms with Crippen LogP contribution in [0.5, 0.6) is 0 Å². The van der Waals surface area contributed by atoms with Crippen molar-refractivity contribution >= 4 is 44.9 Å². The van der Waals surface area contributed by atoms with Crippen LogP contribution in [-0.4, -0.2) is 49.7 Å². The van der Waals surface area contributed by atoms with E-state index in [1.54, 1.807) is 17.5 Å². The summed E-state index contributed by atoms with van der Waals surface area (Å²) in [5.74, 6) is 1.29. The molecule has 1 aliphatic heterocycles. The Morgan fingerprint density at radius 2 is 2.28 bits per heavy atom. The molecule has 2 N–H and O–H groups in total. The largest absolute Gasteiger partial charge is 0.364 e. The maximum absolute atomic E-state index is 12.0. The number of amides is 1. The molecular weight excluding hydrogens is 386 g/mol. The lowest BCUT2D eigenvalue weighted by atomic mass is 10.1. The van der Waals surface area contributed by atoms with Crippen LogP contribution in [-0.2, 0) is 4.79 Å². The SMILES string of the molecule is C=CC(=O)N1CCC[C@@H](Nc2nc(Nc3cnn(C(C)C)c3)nc3ccsc23)C1. The highest BCUT2D eigenvalue weighted by Crippen LogP contribution is 2.29. The van der Waals surface area contributed by atoms with Gasteiger partial charge in [-0.3, -0.25) is 9.48 Å². The Kier molecular flexibility index (Phi) is 5.48. The smallest absolute Gasteiger partial charge is 0.246 e. The van der Waals surface area contributed by atoms with E-state index in [1.807, 2.05) is 27.2 Å². The van der Waals surface area contributed by atoms with Gasteiger partial charge in [0.15, 0.2) is 0 Å². The average Bonchev–Trinajstić information content (AvgIpc) is 3.37. The first-order chi connectivity index (χ1) is 14.0. The standard InChI is InChI=1S/C20H25N7OS/c1-4-17(28)26-8-5-6-14(11-26)22-19-18-16(7-9-29-18)24-20(25-19)23-15-10-21-27(12-15)13(2)3/h4,7,9-10,12-14H,1,5-6,8,11H2,2-3H3,(H2,22,23,24,25)/t14-/m1/s1. The van der Waals surface area contributed by atoms with Gasteiger partial charge < -0.3 is 15.5 Å². The third kappa shape index (κ3) is 4.24. The lowest BCUT2D eigenvalue weighted by molar-refractivity contribution is -0.127. The average molecular weight is 412 g/mol. The van der Waals surface area contributed by atoms with Gasteiger partial charge in [-0.05, 0) is 44.2 Å². The number of hydrogen-bond acceptors (Lipinski definition) is 7. The van der Waals surface area contributed by atoms with Crippen LogP contribution in [0.1, 0.15) is 32.7 Å². The minimum absolute atomic E-state index is 0.0232. The van der Waals surface area contributed by atoms with Crippen LogP contribution < -0.4 is 10.6 Å². The number of nitrogens with one attached hydrogen (secondary N) is 2. The van der Waals surface area contributed by atoms with E-state index in [2.05, 4.69) is 41.1 Å². The Morgan fingerprint density at radius 1 is 1.41 bits per heavy atom. The molecule has 152 valence electrons. The fourth-order valence-corrected chi connectivity index (χ4v) is 4.23. The molecule has 29 heavy (non-hydrogen) atoms. The molecule has 0 saturated carbocycles. The zero-order chi connectivity index (χ0) is 20.4. The molecule has 1 amide bonds. The molecule has 0 bridgehead atoms. The molecule has 9 heteroatoms. The summed E-state index contributed by atoms with van der Waals surface area (Å²) in [6, 6.07) is 2.42. The van der Waals surface area contributed by atoms with Crippen molar-refractivity contribution in [3.8, 4) is 0 Å². The first-order valence-electron chi connectivity index (χ1n) is 9.78. The lowest BCUT2D eigenvalue weighted by Gasteiger charge is -2.32. The number of carbonyl (C=O) groups excluding carboxylic acids is 1. The number of carbonyl (C=O) groups is 1. The van der Waals surface area contributed by atoms with E-state index in [-0.39, 0.29) is 18.0 Å². The van der Waals surface area contributed by atoms with Gasteiger partial charge in [0.2, 0.25) is 11.9 Å². The van der Waals surface area contributed by atoms with Crippen LogP contribution in [0.4, 0.5) is 17.5 Å². The normalized spacial score (nSPS) is 16.9. The van der Waals surface area contributed by atoms with Crippen molar-refractivity contribution in [3.05, 3.63) is 36.5 Å². The third-order valence-corrected chi connectivity index (χ3v) is 5.85. The number of rotatable bonds is 6. The molecule has 3 aromatic heterocycles. The van der Waals surface area contributed by atoms with Gasteiger partial charge in [0.25, 0.3) is 0 Å². The van der Waals surface area contributed by atoms with Crippen LogP contribution in [0, 0.1) is 0 Å². The van der Waals surface area contributed by atoms with Crippen molar-refractivity contribution in [2.24, 2.45) is 0 Å². The van der Waals surface area contributed by atoms with Crippen molar-refractivity contribution in [2.75, 3.05) is 23.7 Å². The fraction of sp³-hybridized carbons (Fsp3) is 0.400. The van der Waals surface area contributed by atoms with Gasteiger partial charge in [0, 0.05) is 31.4 Å². The van der Waals surface area contributed by atoms with Crippen LogP contribution >= 0.6 is 11.3 Å². The first kappa shape index (κ1) is 19.4. The van der Waals surface area contributed by atoms with Gasteiger partial charge in [0.1, 0.15) is 5.82 Å². The molecule has 4 rings (SSSR count). The zero-order valence-corrected chi connectivity index (χ0v) is 17.4. The highest BCUT2D eigenvalue weighted by atomic mass is 32.1. The van der Waals surface area contributed by atoms with Gasteiger partial charge in [-0.25, -0.2) is 4.98 Å². The predicted octanol–water partition coefficient (Wildman–Crippen LogP) is 3.80. The number of piperidine rings is 1. The predicted molar refractivity (Wildman–Crippen MR) is 117 cm³/mol. The second kappa shape index (κ2) is 8.20. The lowest BCUT2D eigenvalue weighted by Crippen LogP contribution is -2.44. The Bertz CT molecular complexity index is 1020. The van der Waals surface area contributed by atoms with Crippen molar-refractivity contribution in [3.63, 3.8) is 0 Å². The topological polar surface area (TPSA) is 88.0 Å². The van der Waals surface area contributed by atoms with Crippen molar-refractivity contribution < 1.29 is 4.79 Å². The summed E-state index contributed by atoms with van der Waals surface area (Å²) in [6.45, 7) is 9.17. The van der Waals surface area contributed by atoms with Crippen LogP contribution in [0.25, 0.3) is 10.2 Å². The highest BCUT2D eigenvalue weighted by Gasteiger charge is 2.23. The summed E-state index contributed by atoms with van der Waals surface area (Å²) in [5.41, 5.74) is 1.74. The molecule has 1 fully saturated rings. The summed E-state index contributed by atoms with van der Waals surface area (Å²) in [4.78, 5) is 23.2. The number of hydrogen-bond donors (Lipinski definition) is 2. The molecule has 0 aromatic carbocycles. The Morgan fingerprint density at radius 3 is 3.03 bits per heavy atom. The quantitative estimate of drug-likeness (QED) is 0.600. The minimum atomic E-state index is -0.0232. The zero-order valence-electron chi connectivity index (χ0n) is 16.6. The summed E-state index contributed by atoms with van der Waals surface area (Å²) >= 11 is 1.61. The van der Waals surface area contributed by atoms with E-state index in [1.165, 1.54) is 6.08 Å². The molecule has 3 aromatic rings. The van der Waals surface area contributed by atoms with E-state index in [0.29, 0.717) is 12.5 Å². The Balaban J connectivity index is 1.56. The van der Waals surface area contributed by atoms with Crippen LogP contribution in [0.15, 0.2) is 36.5 Å². The van der Waals surface area contributed by atoms with Crippen molar-refractivity contribution in [1.82, 2.24) is 24.6 Å². The molecule has 0 radical (unpaired) electrons. The van der Waals surface area contributed by atoms with Crippen molar-refractivity contribution in [1.29, 1.82) is 0 Å². The fourth-order valence-electron chi connectivity index (χ4n) is 3.45. The second-order valence-electron chi connectivity index (χ2n) is 7.43. The molecule has 1 saturated heterocycles. The molecule has 1 aliphatic rings. The monoisotopic (exact) mass is 411 g/mol. The van der Waals surface area contributed by atoms with E-state index in [9.17, 15) is 4.79 Å². The molecular formula is C20H25N7OS. The van der Waals surface area contributed by atoms with Crippen molar-refractivity contribution in [2.45, 2.75) is 38.8 Å². The van der Waals surface area contributed by atoms with E-state index in [4.69, 9.17) is 4.98 Å². The van der Waals surface area contributed by atoms with Crippen LogP contribution in [0.2, 0.25) is 0 Å². The maximum atomic E-state index is 12.0. The highest BCUT2D eigenvalue weighted by molar-refractivity contribution is 7.17. The number of likely N-dealkylation sites (tertiary alicyclic amines) is 1. The van der Waals surface area contributed by atoms with Gasteiger partial charge in [-0.15, -0.1) is 11.3 Å². The summed E-state index contributed by atoms with van der Waals surface area (Å²) in [7, 11) is 0. The molecule has 0 spiro atoms. The number of anilines is 3. The first-order valence-corrected chi connectivity index (χ1v) is 10.7. The van der Waals surface area contributed by atoms with E-state index >= 15 is 0 Å². The summed E-state index contributed by atoms with van der Waals surface area (Å²) < 4.78 is 2.90. The number of thiophene rings is 1. The van der Waals surface area contributed by atoms with E-state index in [0.717, 1.165) is 41.1 Å². The second-order valence-corrected chi connectivity index (χ2v) is 8.35. The van der Waals surface area contributed by atoms with Gasteiger partial charge in [-0.1, -0.05) is 6.58 Å². The van der Waals surface area contributed by atoms with Gasteiger partial charge >= 0.3 is 0 Å². The summed E-state index contributed by atoms with van der Waals surface area (Å²) in [6.07, 6.45) is 7.04. The molecule has 1 atom stereocenters. The Labute approximate surface area is 173 Å². The summed E-state index contributed by atoms with van der Waals surface area (Å²) in [5, 5.41) is 13.2. The maximum Gasteiger partial charge on any atom is 0.246 e. The van der Waals surface area contributed by atoms with Gasteiger partial charge in [-0.2, -0.15) is 10.1 Å². The third-order valence-electron chi connectivity index (χ3n) is 4.94. The molecule has 8 nitrogen and oxygen atoms in total. The number of nitrogens with zero attached hydrogens (tertiary/aromatic N) is 5. The molecule has 4 heterocycles. The molecule has 0 unspecified atom stereocenters. The molecule has 0 aliphatic carbocycles. The van der Waals surface area contributed by atoms with Gasteiger partial charge in [0.05, 0.1) is 22.1 Å².